The molecule has 13 heavy (non-hydrogen) atoms. The largest absolute Gasteiger partial charge is 0.497 e. The second-order valence-corrected chi connectivity index (χ2v) is 4.09. The molecule has 0 aromatic heterocycles. The summed E-state index contributed by atoms with van der Waals surface area (Å²) >= 11 is 3.23. The van der Waals surface area contributed by atoms with Crippen molar-refractivity contribution in [1.29, 1.82) is 0 Å². The Bertz CT molecular complexity index is 308. The lowest BCUT2D eigenvalue weighted by atomic mass is 10.1. The smallest absolute Gasteiger partial charge is 0.176 e. The first-order chi connectivity index (χ1) is 6.15. The SMILES string of the molecule is COc1cccc(C(=O)[C@@H](C)Br)c1. The van der Waals surface area contributed by atoms with Gasteiger partial charge in [0.25, 0.3) is 0 Å². The molecule has 1 atom stereocenters. The van der Waals surface area contributed by atoms with Gasteiger partial charge in [0, 0.05) is 5.56 Å². The monoisotopic (exact) mass is 242 g/mol. The molecule has 0 spiro atoms. The van der Waals surface area contributed by atoms with Crippen molar-refractivity contribution < 1.29 is 9.53 Å². The molecule has 0 aliphatic carbocycles. The second-order valence-electron chi connectivity index (χ2n) is 2.71. The zero-order chi connectivity index (χ0) is 9.84. The summed E-state index contributed by atoms with van der Waals surface area (Å²) < 4.78 is 5.02. The topological polar surface area (TPSA) is 26.3 Å². The normalized spacial score (nSPS) is 12.2. The van der Waals surface area contributed by atoms with E-state index < -0.39 is 0 Å². The number of benzene rings is 1. The van der Waals surface area contributed by atoms with Crippen LogP contribution in [0.1, 0.15) is 17.3 Å². The quantitative estimate of drug-likeness (QED) is 0.602. The molecule has 2 nitrogen and oxygen atoms in total. The highest BCUT2D eigenvalue weighted by molar-refractivity contribution is 9.10. The van der Waals surface area contributed by atoms with Crippen LogP contribution < -0.4 is 4.74 Å². The number of Topliss-reactive ketones (excluding diaryl/α,β-unsaturated/α-hetero) is 1. The number of rotatable bonds is 3. The van der Waals surface area contributed by atoms with E-state index in [4.69, 9.17) is 4.74 Å². The van der Waals surface area contributed by atoms with Crippen LogP contribution in [0.5, 0.6) is 5.75 Å². The Hall–Kier alpha value is -0.830. The number of carbonyl (C=O) groups is 1. The van der Waals surface area contributed by atoms with Gasteiger partial charge in [0.05, 0.1) is 11.9 Å². The number of alkyl halides is 1. The van der Waals surface area contributed by atoms with Crippen LogP contribution in [-0.2, 0) is 0 Å². The molecule has 1 aromatic carbocycles. The molecular weight excluding hydrogens is 232 g/mol. The van der Waals surface area contributed by atoms with Crippen molar-refractivity contribution in [1.82, 2.24) is 0 Å². The van der Waals surface area contributed by atoms with E-state index in [1.807, 2.05) is 13.0 Å². The van der Waals surface area contributed by atoms with Crippen LogP contribution in [0.2, 0.25) is 0 Å². The van der Waals surface area contributed by atoms with Gasteiger partial charge in [-0.1, -0.05) is 28.1 Å². The Kier molecular flexibility index (Phi) is 3.48. The molecule has 0 saturated heterocycles. The number of hydrogen-bond acceptors (Lipinski definition) is 2. The van der Waals surface area contributed by atoms with Gasteiger partial charge in [-0.15, -0.1) is 0 Å². The van der Waals surface area contributed by atoms with Crippen molar-refractivity contribution >= 4 is 21.7 Å². The van der Waals surface area contributed by atoms with Crippen LogP contribution in [0.25, 0.3) is 0 Å². The highest BCUT2D eigenvalue weighted by atomic mass is 79.9. The highest BCUT2D eigenvalue weighted by Gasteiger charge is 2.11. The van der Waals surface area contributed by atoms with Gasteiger partial charge >= 0.3 is 0 Å². The summed E-state index contributed by atoms with van der Waals surface area (Å²) in [5.74, 6) is 0.776. The molecule has 0 saturated carbocycles. The van der Waals surface area contributed by atoms with Gasteiger partial charge in [0.2, 0.25) is 0 Å². The van der Waals surface area contributed by atoms with E-state index in [1.165, 1.54) is 0 Å². The van der Waals surface area contributed by atoms with E-state index in [-0.39, 0.29) is 10.6 Å². The first-order valence-electron chi connectivity index (χ1n) is 3.97. The van der Waals surface area contributed by atoms with Crippen LogP contribution in [0, 0.1) is 0 Å². The summed E-state index contributed by atoms with van der Waals surface area (Å²) in [6.07, 6.45) is 0. The third-order valence-corrected chi connectivity index (χ3v) is 2.13. The Morgan fingerprint density at radius 3 is 2.77 bits per heavy atom. The maximum absolute atomic E-state index is 11.5. The number of ketones is 1. The number of methoxy groups -OCH3 is 1. The fourth-order valence-electron chi connectivity index (χ4n) is 1.01. The molecule has 70 valence electrons. The summed E-state index contributed by atoms with van der Waals surface area (Å²) in [7, 11) is 1.58. The van der Waals surface area contributed by atoms with Crippen molar-refractivity contribution in [2.75, 3.05) is 7.11 Å². The van der Waals surface area contributed by atoms with Gasteiger partial charge in [-0.05, 0) is 19.1 Å². The Morgan fingerprint density at radius 1 is 1.54 bits per heavy atom. The molecule has 0 aliphatic heterocycles. The standard InChI is InChI=1S/C10H11BrO2/c1-7(11)10(12)8-4-3-5-9(6-8)13-2/h3-7H,1-2H3/t7-/m1/s1. The molecule has 1 aromatic rings. The Balaban J connectivity index is 2.95. The fraction of sp³-hybridized carbons (Fsp3) is 0.300. The van der Waals surface area contributed by atoms with Crippen LogP contribution in [0.3, 0.4) is 0 Å². The first-order valence-corrected chi connectivity index (χ1v) is 4.89. The van der Waals surface area contributed by atoms with Crippen LogP contribution in [0.15, 0.2) is 24.3 Å². The third kappa shape index (κ3) is 2.56. The summed E-state index contributed by atoms with van der Waals surface area (Å²) in [6, 6.07) is 7.14. The number of carbonyl (C=O) groups excluding carboxylic acids is 1. The Labute approximate surface area is 86.0 Å². The average Bonchev–Trinajstić information content (AvgIpc) is 2.16. The predicted octanol–water partition coefficient (Wildman–Crippen LogP) is 2.66. The first kappa shape index (κ1) is 10.3. The summed E-state index contributed by atoms with van der Waals surface area (Å²) in [6.45, 7) is 1.81. The van der Waals surface area contributed by atoms with Gasteiger partial charge in [0.1, 0.15) is 5.75 Å². The number of hydrogen-bond donors (Lipinski definition) is 0. The van der Waals surface area contributed by atoms with Crippen molar-refractivity contribution in [2.45, 2.75) is 11.8 Å². The molecule has 0 bridgehead atoms. The minimum atomic E-state index is -0.153. The van der Waals surface area contributed by atoms with Crippen LogP contribution in [0.4, 0.5) is 0 Å². The highest BCUT2D eigenvalue weighted by Crippen LogP contribution is 2.16. The van der Waals surface area contributed by atoms with Gasteiger partial charge in [-0.2, -0.15) is 0 Å². The van der Waals surface area contributed by atoms with Crippen molar-refractivity contribution in [2.24, 2.45) is 0 Å². The number of halogens is 1. The summed E-state index contributed by atoms with van der Waals surface area (Å²) in [5, 5.41) is 0. The Morgan fingerprint density at radius 2 is 2.23 bits per heavy atom. The van der Waals surface area contributed by atoms with Crippen molar-refractivity contribution in [3.8, 4) is 5.75 Å². The van der Waals surface area contributed by atoms with E-state index in [0.717, 1.165) is 0 Å². The van der Waals surface area contributed by atoms with E-state index >= 15 is 0 Å². The molecule has 1 rings (SSSR count). The minimum absolute atomic E-state index is 0.0684. The molecular formula is C10H11BrO2. The maximum atomic E-state index is 11.5. The van der Waals surface area contributed by atoms with E-state index in [9.17, 15) is 4.79 Å². The zero-order valence-electron chi connectivity index (χ0n) is 7.58. The molecule has 0 amide bonds. The molecule has 0 fully saturated rings. The summed E-state index contributed by atoms with van der Waals surface area (Å²) in [5.41, 5.74) is 0.670. The number of ether oxygens (including phenoxy) is 1. The zero-order valence-corrected chi connectivity index (χ0v) is 9.17. The van der Waals surface area contributed by atoms with Crippen molar-refractivity contribution in [3.05, 3.63) is 29.8 Å². The van der Waals surface area contributed by atoms with Crippen LogP contribution in [-0.4, -0.2) is 17.7 Å². The maximum Gasteiger partial charge on any atom is 0.176 e. The molecule has 3 heteroatoms. The minimum Gasteiger partial charge on any atom is -0.497 e. The van der Waals surface area contributed by atoms with E-state index in [1.54, 1.807) is 25.3 Å². The lowest BCUT2D eigenvalue weighted by Gasteiger charge is -2.04. The van der Waals surface area contributed by atoms with E-state index in [2.05, 4.69) is 15.9 Å². The molecule has 0 heterocycles. The molecule has 0 radical (unpaired) electrons. The van der Waals surface area contributed by atoms with Gasteiger partial charge in [0.15, 0.2) is 5.78 Å². The average molecular weight is 243 g/mol. The molecule has 0 N–H and O–H groups in total. The van der Waals surface area contributed by atoms with E-state index in [0.29, 0.717) is 11.3 Å². The lowest BCUT2D eigenvalue weighted by molar-refractivity contribution is 0.0995. The van der Waals surface area contributed by atoms with Gasteiger partial charge < -0.3 is 4.74 Å². The van der Waals surface area contributed by atoms with Gasteiger partial charge in [-0.25, -0.2) is 0 Å². The third-order valence-electron chi connectivity index (χ3n) is 1.72. The second kappa shape index (κ2) is 4.42. The fourth-order valence-corrected chi connectivity index (χ4v) is 1.27. The molecule has 0 unspecified atom stereocenters. The molecule has 0 aliphatic rings. The van der Waals surface area contributed by atoms with Crippen molar-refractivity contribution in [3.63, 3.8) is 0 Å². The van der Waals surface area contributed by atoms with Gasteiger partial charge in [-0.3, -0.25) is 4.79 Å². The van der Waals surface area contributed by atoms with Crippen LogP contribution >= 0.6 is 15.9 Å². The predicted molar refractivity (Wildman–Crippen MR) is 55.7 cm³/mol. The summed E-state index contributed by atoms with van der Waals surface area (Å²) in [4.78, 5) is 11.4. The lowest BCUT2D eigenvalue weighted by Crippen LogP contribution is -2.09.